The number of benzene rings is 2. The number of carbonyl (C=O) groups is 3. The summed E-state index contributed by atoms with van der Waals surface area (Å²) >= 11 is 0. The molecular weight excluding hydrogens is 410 g/mol. The maximum atomic E-state index is 12.7. The number of nitrogens with zero attached hydrogens (tertiary/aromatic N) is 1. The molecule has 2 aromatic rings. The highest BCUT2D eigenvalue weighted by molar-refractivity contribution is 5.99. The van der Waals surface area contributed by atoms with Gasteiger partial charge >= 0.3 is 11.9 Å². The first-order chi connectivity index (χ1) is 15.1. The van der Waals surface area contributed by atoms with Gasteiger partial charge in [-0.1, -0.05) is 26.0 Å². The summed E-state index contributed by atoms with van der Waals surface area (Å²) in [7, 11) is 0. The summed E-state index contributed by atoms with van der Waals surface area (Å²) in [5.74, 6) is -1.57. The van der Waals surface area contributed by atoms with Crippen LogP contribution in [0.15, 0.2) is 54.1 Å². The summed E-state index contributed by atoms with van der Waals surface area (Å²) in [6, 6.07) is 12.8. The number of rotatable bonds is 9. The van der Waals surface area contributed by atoms with E-state index < -0.39 is 11.9 Å². The van der Waals surface area contributed by atoms with E-state index in [1.165, 1.54) is 4.90 Å². The van der Waals surface area contributed by atoms with Crippen molar-refractivity contribution in [2.24, 2.45) is 11.7 Å². The van der Waals surface area contributed by atoms with Crippen LogP contribution in [0.3, 0.4) is 0 Å². The van der Waals surface area contributed by atoms with Crippen LogP contribution in [0.4, 0.5) is 0 Å². The molecule has 2 rings (SSSR count). The van der Waals surface area contributed by atoms with E-state index in [-0.39, 0.29) is 24.2 Å². The molecule has 0 heterocycles. The molecular formula is C24H27N3O5. The van der Waals surface area contributed by atoms with E-state index in [0.29, 0.717) is 34.6 Å². The van der Waals surface area contributed by atoms with Gasteiger partial charge in [0.05, 0.1) is 5.56 Å². The van der Waals surface area contributed by atoms with Crippen molar-refractivity contribution in [1.29, 1.82) is 5.41 Å². The lowest BCUT2D eigenvalue weighted by molar-refractivity contribution is -0.143. The van der Waals surface area contributed by atoms with Crippen LogP contribution in [0.2, 0.25) is 0 Å². The third-order valence-electron chi connectivity index (χ3n) is 4.44. The molecule has 2 aromatic carbocycles. The van der Waals surface area contributed by atoms with Crippen molar-refractivity contribution in [3.63, 3.8) is 0 Å². The van der Waals surface area contributed by atoms with Gasteiger partial charge in [-0.05, 0) is 60.9 Å². The first-order valence-electron chi connectivity index (χ1n) is 10.0. The van der Waals surface area contributed by atoms with Crippen LogP contribution in [0.25, 0.3) is 6.08 Å². The third-order valence-corrected chi connectivity index (χ3v) is 4.44. The number of carboxylic acid groups (broad SMARTS) is 1. The lowest BCUT2D eigenvalue weighted by Gasteiger charge is -2.23. The van der Waals surface area contributed by atoms with Crippen LogP contribution in [0.1, 0.15) is 42.3 Å². The molecule has 0 atom stereocenters. The Balaban J connectivity index is 2.08. The Morgan fingerprint density at radius 3 is 2.12 bits per heavy atom. The molecule has 0 saturated heterocycles. The maximum Gasteiger partial charge on any atom is 0.343 e. The molecule has 8 heteroatoms. The molecule has 0 bridgehead atoms. The van der Waals surface area contributed by atoms with Gasteiger partial charge in [-0.2, -0.15) is 0 Å². The standard InChI is InChI=1S/C24H27N3O5/c1-15(2)13-27(14-21(28)29)23(30)16(3)12-17-4-6-19(7-5-17)24(31)32-20-10-8-18(9-11-20)22(25)26/h4-12,15H,13-14H2,1-3H3,(H3,25,26)(H,28,29)/b16-12+. The molecule has 1 amide bonds. The van der Waals surface area contributed by atoms with Gasteiger partial charge < -0.3 is 20.5 Å². The van der Waals surface area contributed by atoms with Crippen LogP contribution in [-0.2, 0) is 9.59 Å². The van der Waals surface area contributed by atoms with E-state index >= 15 is 0 Å². The number of hydrogen-bond donors (Lipinski definition) is 3. The summed E-state index contributed by atoms with van der Waals surface area (Å²) in [5.41, 5.74) is 7.35. The Morgan fingerprint density at radius 1 is 1.06 bits per heavy atom. The molecule has 32 heavy (non-hydrogen) atoms. The minimum atomic E-state index is -1.06. The zero-order chi connectivity index (χ0) is 23.8. The number of ether oxygens (including phenoxy) is 1. The molecule has 168 valence electrons. The van der Waals surface area contributed by atoms with Gasteiger partial charge in [-0.3, -0.25) is 15.0 Å². The van der Waals surface area contributed by atoms with Gasteiger partial charge in [0.15, 0.2) is 0 Å². The van der Waals surface area contributed by atoms with Crippen molar-refractivity contribution in [2.75, 3.05) is 13.1 Å². The summed E-state index contributed by atoms with van der Waals surface area (Å²) < 4.78 is 5.32. The fourth-order valence-electron chi connectivity index (χ4n) is 2.97. The quantitative estimate of drug-likeness (QED) is 0.181. The predicted molar refractivity (Wildman–Crippen MR) is 122 cm³/mol. The third kappa shape index (κ3) is 7.09. The fourth-order valence-corrected chi connectivity index (χ4v) is 2.97. The van der Waals surface area contributed by atoms with Crippen molar-refractivity contribution >= 4 is 29.8 Å². The molecule has 0 aliphatic heterocycles. The number of nitrogens with one attached hydrogen (secondary N) is 1. The Labute approximate surface area is 186 Å². The second kappa shape index (κ2) is 10.9. The van der Waals surface area contributed by atoms with E-state index in [4.69, 9.17) is 21.0 Å². The summed E-state index contributed by atoms with van der Waals surface area (Å²) in [6.45, 7) is 5.44. The number of carbonyl (C=O) groups excluding carboxylic acids is 2. The van der Waals surface area contributed by atoms with Crippen LogP contribution >= 0.6 is 0 Å². The Kier molecular flexibility index (Phi) is 8.29. The minimum absolute atomic E-state index is 0.0735. The SMILES string of the molecule is C/C(=C\c1ccc(C(=O)Oc2ccc(C(=N)N)cc2)cc1)C(=O)N(CC(=O)O)CC(C)C. The number of aliphatic carboxylic acids is 1. The summed E-state index contributed by atoms with van der Waals surface area (Å²) in [4.78, 5) is 37.4. The Bertz CT molecular complexity index is 1020. The highest BCUT2D eigenvalue weighted by atomic mass is 16.5. The molecule has 0 saturated carbocycles. The molecule has 0 aliphatic carbocycles. The van der Waals surface area contributed by atoms with Crippen molar-refractivity contribution in [2.45, 2.75) is 20.8 Å². The van der Waals surface area contributed by atoms with Gasteiger partial charge in [0.2, 0.25) is 5.91 Å². The zero-order valence-corrected chi connectivity index (χ0v) is 18.3. The predicted octanol–water partition coefficient (Wildman–Crippen LogP) is 3.16. The van der Waals surface area contributed by atoms with Crippen LogP contribution < -0.4 is 10.5 Å². The van der Waals surface area contributed by atoms with E-state index in [9.17, 15) is 14.4 Å². The topological polar surface area (TPSA) is 134 Å². The van der Waals surface area contributed by atoms with Crippen LogP contribution in [0.5, 0.6) is 5.75 Å². The van der Waals surface area contributed by atoms with E-state index in [0.717, 1.165) is 0 Å². The van der Waals surface area contributed by atoms with Crippen molar-refractivity contribution in [3.8, 4) is 5.75 Å². The second-order valence-corrected chi connectivity index (χ2v) is 7.75. The van der Waals surface area contributed by atoms with Crippen LogP contribution in [-0.4, -0.2) is 46.8 Å². The lowest BCUT2D eigenvalue weighted by Crippen LogP contribution is -2.38. The maximum absolute atomic E-state index is 12.7. The number of hydrogen-bond acceptors (Lipinski definition) is 5. The number of amidine groups is 1. The number of carboxylic acids is 1. The van der Waals surface area contributed by atoms with E-state index in [1.54, 1.807) is 61.5 Å². The molecule has 0 aromatic heterocycles. The normalized spacial score (nSPS) is 11.2. The number of nitrogens with two attached hydrogens (primary N) is 1. The fraction of sp³-hybridized carbons (Fsp3) is 0.250. The molecule has 8 nitrogen and oxygen atoms in total. The smallest absolute Gasteiger partial charge is 0.343 e. The summed E-state index contributed by atoms with van der Waals surface area (Å²) in [6.07, 6.45) is 1.65. The largest absolute Gasteiger partial charge is 0.480 e. The lowest BCUT2D eigenvalue weighted by atomic mass is 10.1. The molecule has 0 unspecified atom stereocenters. The minimum Gasteiger partial charge on any atom is -0.480 e. The molecule has 0 aliphatic rings. The summed E-state index contributed by atoms with van der Waals surface area (Å²) in [5, 5.41) is 16.4. The Morgan fingerprint density at radius 2 is 1.62 bits per heavy atom. The molecule has 0 radical (unpaired) electrons. The average Bonchev–Trinajstić information content (AvgIpc) is 2.72. The van der Waals surface area contributed by atoms with Crippen molar-refractivity contribution in [1.82, 2.24) is 4.90 Å². The monoisotopic (exact) mass is 437 g/mol. The van der Waals surface area contributed by atoms with Crippen molar-refractivity contribution < 1.29 is 24.2 Å². The first-order valence-corrected chi connectivity index (χ1v) is 10.0. The number of nitrogen functional groups attached to an aromatic ring is 1. The molecule has 4 N–H and O–H groups in total. The average molecular weight is 437 g/mol. The van der Waals surface area contributed by atoms with Gasteiger partial charge in [0.25, 0.3) is 0 Å². The highest BCUT2D eigenvalue weighted by Crippen LogP contribution is 2.16. The van der Waals surface area contributed by atoms with E-state index in [2.05, 4.69) is 0 Å². The van der Waals surface area contributed by atoms with Crippen LogP contribution in [0, 0.1) is 11.3 Å². The number of amides is 1. The van der Waals surface area contributed by atoms with Gasteiger partial charge in [0, 0.05) is 17.7 Å². The molecule has 0 spiro atoms. The molecule has 0 fully saturated rings. The van der Waals surface area contributed by atoms with Gasteiger partial charge in [0.1, 0.15) is 18.1 Å². The van der Waals surface area contributed by atoms with E-state index in [1.807, 2.05) is 13.8 Å². The second-order valence-electron chi connectivity index (χ2n) is 7.75. The first kappa shape index (κ1) is 24.3. The van der Waals surface area contributed by atoms with Gasteiger partial charge in [-0.15, -0.1) is 0 Å². The van der Waals surface area contributed by atoms with Crippen molar-refractivity contribution in [3.05, 3.63) is 70.8 Å². The van der Waals surface area contributed by atoms with Gasteiger partial charge in [-0.25, -0.2) is 4.79 Å². The zero-order valence-electron chi connectivity index (χ0n) is 18.3. The number of esters is 1. The Hall–Kier alpha value is -3.94. The highest BCUT2D eigenvalue weighted by Gasteiger charge is 2.19.